The molecule has 1 heterocycles. The van der Waals surface area contributed by atoms with E-state index in [0.29, 0.717) is 42.8 Å². The molecule has 3 rings (SSSR count). The van der Waals surface area contributed by atoms with Crippen molar-refractivity contribution in [3.05, 3.63) is 46.5 Å². The molecule has 0 bridgehead atoms. The molecule has 0 saturated heterocycles. The van der Waals surface area contributed by atoms with Crippen molar-refractivity contribution in [1.29, 1.82) is 0 Å². The first-order chi connectivity index (χ1) is 12.7. The van der Waals surface area contributed by atoms with E-state index in [-0.39, 0.29) is 6.79 Å². The molecule has 5 nitrogen and oxygen atoms in total. The summed E-state index contributed by atoms with van der Waals surface area (Å²) in [5.41, 5.74) is 2.18. The van der Waals surface area contributed by atoms with Gasteiger partial charge in [0.25, 0.3) is 0 Å². The van der Waals surface area contributed by atoms with E-state index < -0.39 is 0 Å². The molecular weight excluding hydrogens is 354 g/mol. The van der Waals surface area contributed by atoms with Gasteiger partial charge in [0, 0.05) is 13.1 Å². The summed E-state index contributed by atoms with van der Waals surface area (Å²) < 4.78 is 22.2. The maximum atomic E-state index is 6.40. The van der Waals surface area contributed by atoms with Gasteiger partial charge in [-0.15, -0.1) is 0 Å². The van der Waals surface area contributed by atoms with Gasteiger partial charge in [-0.2, -0.15) is 0 Å². The lowest BCUT2D eigenvalue weighted by Crippen LogP contribution is -2.13. The highest BCUT2D eigenvalue weighted by Crippen LogP contribution is 2.37. The van der Waals surface area contributed by atoms with E-state index in [0.717, 1.165) is 29.0 Å². The molecule has 0 unspecified atom stereocenters. The predicted octanol–water partition coefficient (Wildman–Crippen LogP) is 4.55. The van der Waals surface area contributed by atoms with Crippen LogP contribution in [-0.4, -0.2) is 20.0 Å². The Labute approximate surface area is 159 Å². The summed E-state index contributed by atoms with van der Waals surface area (Å²) in [6, 6.07) is 9.86. The highest BCUT2D eigenvalue weighted by atomic mass is 35.5. The molecule has 0 atom stereocenters. The second-order valence-electron chi connectivity index (χ2n) is 5.98. The fourth-order valence-electron chi connectivity index (χ4n) is 2.73. The van der Waals surface area contributed by atoms with Crippen molar-refractivity contribution >= 4 is 11.6 Å². The van der Waals surface area contributed by atoms with E-state index in [4.69, 9.17) is 30.5 Å². The fourth-order valence-corrected chi connectivity index (χ4v) is 3.02. The lowest BCUT2D eigenvalue weighted by atomic mass is 10.1. The van der Waals surface area contributed by atoms with Crippen LogP contribution in [0, 0.1) is 0 Å². The van der Waals surface area contributed by atoms with E-state index in [1.165, 1.54) is 0 Å². The van der Waals surface area contributed by atoms with E-state index in [9.17, 15) is 0 Å². The van der Waals surface area contributed by atoms with Crippen LogP contribution in [0.5, 0.6) is 23.0 Å². The molecule has 0 aliphatic carbocycles. The minimum Gasteiger partial charge on any atom is -0.490 e. The monoisotopic (exact) mass is 377 g/mol. The maximum Gasteiger partial charge on any atom is 0.231 e. The molecule has 0 aromatic heterocycles. The lowest BCUT2D eigenvalue weighted by Gasteiger charge is -2.15. The van der Waals surface area contributed by atoms with Crippen molar-refractivity contribution in [2.75, 3.05) is 20.0 Å². The van der Waals surface area contributed by atoms with Crippen LogP contribution in [-0.2, 0) is 13.1 Å². The first-order valence-electron chi connectivity index (χ1n) is 8.88. The van der Waals surface area contributed by atoms with Gasteiger partial charge in [0.05, 0.1) is 18.2 Å². The summed E-state index contributed by atoms with van der Waals surface area (Å²) in [6.45, 7) is 6.85. The molecule has 2 aromatic rings. The summed E-state index contributed by atoms with van der Waals surface area (Å²) >= 11 is 6.40. The van der Waals surface area contributed by atoms with Crippen LogP contribution in [0.25, 0.3) is 0 Å². The van der Waals surface area contributed by atoms with Crippen LogP contribution in [0.1, 0.15) is 31.4 Å². The standard InChI is InChI=1S/C20H24ClNO4/c1-3-7-24-20-16(21)8-15(10-19(20)23-4-2)12-22-11-14-5-6-17-18(9-14)26-13-25-17/h5-6,8-10,22H,3-4,7,11-13H2,1-2H3. The Hall–Kier alpha value is -2.11. The molecular formula is C20H24ClNO4. The van der Waals surface area contributed by atoms with Gasteiger partial charge in [0.15, 0.2) is 23.0 Å². The number of ether oxygens (including phenoxy) is 4. The maximum absolute atomic E-state index is 6.40. The summed E-state index contributed by atoms with van der Waals surface area (Å²) in [5, 5.41) is 3.99. The van der Waals surface area contributed by atoms with Crippen LogP contribution >= 0.6 is 11.6 Å². The average Bonchev–Trinajstić information content (AvgIpc) is 3.09. The minimum atomic E-state index is 0.289. The van der Waals surface area contributed by atoms with Gasteiger partial charge >= 0.3 is 0 Å². The SMILES string of the molecule is CCCOc1c(Cl)cc(CNCc2ccc3c(c2)OCO3)cc1OCC. The Bertz CT molecular complexity index is 751. The Kier molecular flexibility index (Phi) is 6.47. The van der Waals surface area contributed by atoms with E-state index >= 15 is 0 Å². The summed E-state index contributed by atoms with van der Waals surface area (Å²) in [5.74, 6) is 2.90. The highest BCUT2D eigenvalue weighted by Gasteiger charge is 2.14. The normalized spacial score (nSPS) is 12.3. The number of rotatable bonds is 9. The lowest BCUT2D eigenvalue weighted by molar-refractivity contribution is 0.174. The molecule has 140 valence electrons. The first-order valence-corrected chi connectivity index (χ1v) is 9.26. The van der Waals surface area contributed by atoms with Crippen LogP contribution in [0.2, 0.25) is 5.02 Å². The quantitative estimate of drug-likeness (QED) is 0.694. The summed E-state index contributed by atoms with van der Waals surface area (Å²) in [6.07, 6.45) is 0.917. The molecule has 1 aliphatic rings. The average molecular weight is 378 g/mol. The zero-order valence-electron chi connectivity index (χ0n) is 15.1. The Morgan fingerprint density at radius 1 is 1.00 bits per heavy atom. The Morgan fingerprint density at radius 2 is 1.81 bits per heavy atom. The van der Waals surface area contributed by atoms with Gasteiger partial charge in [-0.05, 0) is 48.7 Å². The van der Waals surface area contributed by atoms with E-state index in [2.05, 4.69) is 12.2 Å². The molecule has 1 aliphatic heterocycles. The zero-order chi connectivity index (χ0) is 18.4. The Morgan fingerprint density at radius 3 is 2.62 bits per heavy atom. The summed E-state index contributed by atoms with van der Waals surface area (Å²) in [4.78, 5) is 0. The third-order valence-corrected chi connectivity index (χ3v) is 4.20. The number of hydrogen-bond donors (Lipinski definition) is 1. The van der Waals surface area contributed by atoms with Gasteiger partial charge in [-0.3, -0.25) is 0 Å². The molecule has 0 amide bonds. The zero-order valence-corrected chi connectivity index (χ0v) is 15.9. The number of nitrogens with one attached hydrogen (secondary N) is 1. The first kappa shape index (κ1) is 18.7. The number of halogens is 1. The highest BCUT2D eigenvalue weighted by molar-refractivity contribution is 6.32. The summed E-state index contributed by atoms with van der Waals surface area (Å²) in [7, 11) is 0. The van der Waals surface area contributed by atoms with Crippen molar-refractivity contribution in [3.8, 4) is 23.0 Å². The molecule has 2 aromatic carbocycles. The van der Waals surface area contributed by atoms with Gasteiger partial charge in [-0.25, -0.2) is 0 Å². The minimum absolute atomic E-state index is 0.289. The number of hydrogen-bond acceptors (Lipinski definition) is 5. The largest absolute Gasteiger partial charge is 0.490 e. The van der Waals surface area contributed by atoms with E-state index in [1.54, 1.807) is 0 Å². The molecule has 26 heavy (non-hydrogen) atoms. The molecule has 0 spiro atoms. The van der Waals surface area contributed by atoms with Crippen molar-refractivity contribution in [3.63, 3.8) is 0 Å². The van der Waals surface area contributed by atoms with E-state index in [1.807, 2.05) is 37.3 Å². The molecule has 0 radical (unpaired) electrons. The van der Waals surface area contributed by atoms with Crippen LogP contribution in [0.4, 0.5) is 0 Å². The third kappa shape index (κ3) is 4.54. The topological polar surface area (TPSA) is 49.0 Å². The van der Waals surface area contributed by atoms with Gasteiger partial charge < -0.3 is 24.3 Å². The molecule has 1 N–H and O–H groups in total. The third-order valence-electron chi connectivity index (χ3n) is 3.91. The van der Waals surface area contributed by atoms with Crippen molar-refractivity contribution in [2.45, 2.75) is 33.4 Å². The number of benzene rings is 2. The Balaban J connectivity index is 1.63. The number of fused-ring (bicyclic) bond motifs is 1. The van der Waals surface area contributed by atoms with Crippen LogP contribution in [0.15, 0.2) is 30.3 Å². The van der Waals surface area contributed by atoms with Crippen molar-refractivity contribution in [1.82, 2.24) is 5.32 Å². The molecule has 6 heteroatoms. The second-order valence-corrected chi connectivity index (χ2v) is 6.38. The van der Waals surface area contributed by atoms with Gasteiger partial charge in [0.2, 0.25) is 6.79 Å². The predicted molar refractivity (Wildman–Crippen MR) is 102 cm³/mol. The smallest absolute Gasteiger partial charge is 0.231 e. The van der Waals surface area contributed by atoms with Crippen LogP contribution < -0.4 is 24.3 Å². The van der Waals surface area contributed by atoms with Crippen LogP contribution in [0.3, 0.4) is 0 Å². The van der Waals surface area contributed by atoms with Crippen molar-refractivity contribution in [2.24, 2.45) is 0 Å². The molecule has 0 saturated carbocycles. The van der Waals surface area contributed by atoms with Gasteiger partial charge in [0.1, 0.15) is 0 Å². The second kappa shape index (κ2) is 9.01. The fraction of sp³-hybridized carbons (Fsp3) is 0.400. The van der Waals surface area contributed by atoms with Gasteiger partial charge in [-0.1, -0.05) is 24.6 Å². The molecule has 0 fully saturated rings. The van der Waals surface area contributed by atoms with Crippen molar-refractivity contribution < 1.29 is 18.9 Å².